The first-order valence-corrected chi connectivity index (χ1v) is 47.2. The molecule has 3 aromatic heterocycles. The number of aliphatic hydroxyl groups is 2. The number of carbonyl (C=O) groups is 17. The number of fused-ring (bicyclic) bond motifs is 4. The van der Waals surface area contributed by atoms with E-state index in [0.29, 0.717) is 69.9 Å². The number of nitrogens with one attached hydrogen (secondary N) is 15. The van der Waals surface area contributed by atoms with Crippen molar-refractivity contribution in [3.05, 3.63) is 126 Å². The molecule has 17 amide bonds. The minimum Gasteiger partial charge on any atom is -0.394 e. The minimum atomic E-state index is -1.90. The van der Waals surface area contributed by atoms with Crippen molar-refractivity contribution in [3.63, 3.8) is 0 Å². The molecular weight excluding hydrogens is 1800 g/mol. The van der Waals surface area contributed by atoms with E-state index in [2.05, 4.69) is 78.4 Å². The Balaban J connectivity index is 1.10. The Morgan fingerprint density at radius 2 is 1.11 bits per heavy atom. The summed E-state index contributed by atoms with van der Waals surface area (Å²) in [5.74, 6) is -18.5. The summed E-state index contributed by atoms with van der Waals surface area (Å²) >= 11 is 0.759. The molecule has 23 N–H and O–H groups in total. The number of imidazole rings is 1. The van der Waals surface area contributed by atoms with Gasteiger partial charge in [-0.15, -0.1) is 11.8 Å². The lowest BCUT2D eigenvalue weighted by atomic mass is 10.00. The molecule has 0 spiro atoms. The second-order valence-corrected chi connectivity index (χ2v) is 36.3. The van der Waals surface area contributed by atoms with Crippen LogP contribution in [0.15, 0.2) is 97.7 Å². The smallest absolute Gasteiger partial charge is 0.246 e. The quantitative estimate of drug-likeness (QED) is 0.0149. The van der Waals surface area contributed by atoms with E-state index >= 15 is 38.4 Å². The lowest BCUT2D eigenvalue weighted by Gasteiger charge is -2.36. The largest absolute Gasteiger partial charge is 0.394 e. The fourth-order valence-corrected chi connectivity index (χ4v) is 17.8. The van der Waals surface area contributed by atoms with Crippen LogP contribution in [0.1, 0.15) is 147 Å². The third kappa shape index (κ3) is 30.2. The normalized spacial score (nSPS) is 24.6. The number of likely N-dealkylation sites (N-methyl/N-ethyl adjacent to an activating group) is 3. The minimum absolute atomic E-state index is 0.0154. The van der Waals surface area contributed by atoms with Crippen molar-refractivity contribution in [2.75, 3.05) is 65.4 Å². The molecule has 0 saturated carbocycles. The number of guanidine groups is 1. The highest BCUT2D eigenvalue weighted by Crippen LogP contribution is 2.28. The van der Waals surface area contributed by atoms with E-state index in [0.717, 1.165) is 36.3 Å². The van der Waals surface area contributed by atoms with Gasteiger partial charge in [0.25, 0.3) is 0 Å². The van der Waals surface area contributed by atoms with Gasteiger partial charge in [-0.25, -0.2) is 9.37 Å². The van der Waals surface area contributed by atoms with Crippen LogP contribution in [-0.2, 0) is 107 Å². The van der Waals surface area contributed by atoms with Gasteiger partial charge in [0, 0.05) is 118 Å². The predicted octanol–water partition coefficient (Wildman–Crippen LogP) is -2.11. The Labute approximate surface area is 795 Å². The second kappa shape index (κ2) is 51.4. The van der Waals surface area contributed by atoms with Gasteiger partial charge in [-0.2, -0.15) is 0 Å². The van der Waals surface area contributed by atoms with E-state index in [1.807, 2.05) is 13.8 Å². The molecule has 45 heteroatoms. The van der Waals surface area contributed by atoms with E-state index in [1.165, 1.54) is 64.9 Å². The predicted molar refractivity (Wildman–Crippen MR) is 503 cm³/mol. The number of nitrogens with two attached hydrogens (primary N) is 3. The Kier molecular flexibility index (Phi) is 40.2. The third-order valence-corrected chi connectivity index (χ3v) is 25.6. The number of amides is 17. The Bertz CT molecular complexity index is 5270. The molecule has 0 aliphatic carbocycles. The zero-order valence-corrected chi connectivity index (χ0v) is 79.0. The zero-order chi connectivity index (χ0) is 100. The van der Waals surface area contributed by atoms with Gasteiger partial charge < -0.3 is 125 Å². The number of halogens is 1. The molecule has 0 radical (unpaired) electrons. The fourth-order valence-electron chi connectivity index (χ4n) is 16.9. The molecule has 0 bridgehead atoms. The summed E-state index contributed by atoms with van der Waals surface area (Å²) in [4.78, 5) is 269. The van der Waals surface area contributed by atoms with Crippen molar-refractivity contribution < 1.29 is 96.1 Å². The SMILES string of the molecule is CCCC[C@H]1C(=O)N(C)[C@@H](CCCC)C(=O)N[C@@H](CCCNC(=N)N)C(=O)N[C@H](C(=O)NCC(N)=O)CSCC(=O)N[C@@H](CCc2ccc(F)cc2)C(=O)N(C)[C@@H](C)C(=O)NC(CC(N)=O)C(=O)N2CCC[C@H]2C(=O)N[C@@H](Cc2cnc[nH]2)C(=O)N[C@@H](CC(C)C)C(=O)N2C[C@H](O)CC2C(=O)N[C@@H](Cc2c[nH]c3ccccc23)C(=O)N[C@@H](CO)C(=O)N[C@@H](Cc2c[nH]c3ccccc23)C(=O)N1C. The first-order chi connectivity index (χ1) is 65.3. The zero-order valence-electron chi connectivity index (χ0n) is 78.2. The number of primary amides is 2. The number of carbonyl (C=O) groups excluding carboxylic acids is 17. The number of unbranched alkanes of at least 4 members (excludes halogenated alkanes) is 2. The van der Waals surface area contributed by atoms with Crippen molar-refractivity contribution in [2.24, 2.45) is 23.1 Å². The van der Waals surface area contributed by atoms with Crippen LogP contribution in [-0.4, -0.2) is 317 Å². The number of aliphatic hydroxyl groups excluding tert-OH is 2. The van der Waals surface area contributed by atoms with Crippen molar-refractivity contribution in [2.45, 2.75) is 241 Å². The first kappa shape index (κ1) is 107. The standard InChI is InChI=1S/C92H129FN24O19S/c1-9-11-24-71-84(129)105-62(23-17-33-99-92(96)97)80(125)112-70(79(124)102-44-76(95)121)47-137-48-77(122)104-63(32-29-52-27-30-55(93)31-28-52)87(132)113(6)51(5)78(123)108-68(40-75(94)120)89(134)116-34-18-26-72(116)85(130)107-65(38-56-43-98-49-103-56)82(127)109-66(35-50(3)4)90(135)117-45-57(119)39-74(117)86(131)106-64(36-53-41-100-60-21-15-13-19-58(53)60)81(126)111-69(46-118)83(128)110-67(37-54-42-101-61-22-16-14-20-59(54)61)88(133)115(8)73(25-12-10-2)91(136)114(71)7/h13-16,19-22,27-28,30-31,41-43,49-51,57,62-74,100-101,118-119H,9-12,17-18,23-26,29,32-40,44-48H2,1-8H3,(H2,94,120)(H2,95,121)(H,98,103)(H,102,124)(H,104,122)(H,105,129)(H,106,131)(H,107,130)(H,108,123)(H,109,127)(H,110,128)(H,111,126)(H,112,125)(H4,96,97,99)/t51-,57+,62-,63-,64-,65-,66-,67-,68?,69-,70-,71-,72-,73-,74?/m0/s1. The van der Waals surface area contributed by atoms with E-state index in [1.54, 1.807) is 74.8 Å². The first-order valence-electron chi connectivity index (χ1n) is 46.0. The maximum absolute atomic E-state index is 15.8. The highest BCUT2D eigenvalue weighted by molar-refractivity contribution is 8.00. The topological polar surface area (TPSA) is 641 Å². The fraction of sp³-hybridized carbons (Fsp3) is 0.533. The van der Waals surface area contributed by atoms with Gasteiger partial charge in [-0.1, -0.05) is 102 Å². The Morgan fingerprint density at radius 3 is 1.71 bits per heavy atom. The molecule has 3 aliphatic rings. The molecule has 2 unspecified atom stereocenters. The van der Waals surface area contributed by atoms with E-state index < -0.39 is 247 Å². The van der Waals surface area contributed by atoms with Gasteiger partial charge in [-0.05, 0) is 112 Å². The van der Waals surface area contributed by atoms with Crippen LogP contribution in [0.5, 0.6) is 0 Å². The molecule has 6 heterocycles. The second-order valence-electron chi connectivity index (χ2n) is 35.3. The molecule has 6 aromatic rings. The number of benzene rings is 3. The summed E-state index contributed by atoms with van der Waals surface area (Å²) in [7, 11) is 3.90. The van der Waals surface area contributed by atoms with Crippen LogP contribution in [0.2, 0.25) is 0 Å². The number of hydrogen-bond donors (Lipinski definition) is 20. The lowest BCUT2D eigenvalue weighted by Crippen LogP contribution is -2.62. The third-order valence-electron chi connectivity index (χ3n) is 24.6. The number of aryl methyl sites for hydroxylation is 1. The molecule has 744 valence electrons. The molecule has 15 atom stereocenters. The number of hydrogen-bond acceptors (Lipinski definition) is 22. The van der Waals surface area contributed by atoms with Gasteiger partial charge in [0.2, 0.25) is 100 Å². The van der Waals surface area contributed by atoms with Gasteiger partial charge >= 0.3 is 0 Å². The molecule has 3 aromatic carbocycles. The van der Waals surface area contributed by atoms with Crippen LogP contribution >= 0.6 is 11.8 Å². The highest BCUT2D eigenvalue weighted by Gasteiger charge is 2.47. The van der Waals surface area contributed by atoms with Crippen LogP contribution in [0.25, 0.3) is 21.8 Å². The average Bonchev–Trinajstić information content (AvgIpc) is 1.72. The molecule has 3 saturated heterocycles. The van der Waals surface area contributed by atoms with Crippen molar-refractivity contribution in [3.8, 4) is 0 Å². The molecule has 43 nitrogen and oxygen atoms in total. The van der Waals surface area contributed by atoms with Gasteiger partial charge in [0.15, 0.2) is 5.96 Å². The summed E-state index contributed by atoms with van der Waals surface area (Å²) in [6.45, 7) is 5.98. The summed E-state index contributed by atoms with van der Waals surface area (Å²) in [6.07, 6.45) is 3.70. The van der Waals surface area contributed by atoms with Crippen molar-refractivity contribution in [1.29, 1.82) is 5.41 Å². The maximum Gasteiger partial charge on any atom is 0.246 e. The van der Waals surface area contributed by atoms with E-state index in [4.69, 9.17) is 22.6 Å². The summed E-state index contributed by atoms with van der Waals surface area (Å²) < 4.78 is 14.3. The summed E-state index contributed by atoms with van der Waals surface area (Å²) in [6, 6.07) is -2.61. The van der Waals surface area contributed by atoms with Crippen molar-refractivity contribution in [1.82, 2.24) is 103 Å². The Hall–Kier alpha value is -13.6. The van der Waals surface area contributed by atoms with Crippen LogP contribution in [0.3, 0.4) is 0 Å². The average molecular weight is 1930 g/mol. The van der Waals surface area contributed by atoms with Crippen LogP contribution in [0, 0.1) is 17.1 Å². The monoisotopic (exact) mass is 1920 g/mol. The van der Waals surface area contributed by atoms with Gasteiger partial charge in [0.1, 0.15) is 90.4 Å². The summed E-state index contributed by atoms with van der Waals surface area (Å²) in [5.41, 5.74) is 19.9. The number of thioether (sulfide) groups is 1. The Morgan fingerprint density at radius 1 is 0.562 bits per heavy atom. The molecular formula is C92H129FN24O19S. The summed E-state index contributed by atoms with van der Waals surface area (Å²) in [5, 5.41) is 60.9. The molecule has 3 fully saturated rings. The van der Waals surface area contributed by atoms with Crippen LogP contribution < -0.4 is 75.7 Å². The van der Waals surface area contributed by atoms with E-state index in [-0.39, 0.29) is 96.1 Å². The number of H-pyrrole nitrogens is 3. The van der Waals surface area contributed by atoms with Crippen LogP contribution in [0.4, 0.5) is 4.39 Å². The van der Waals surface area contributed by atoms with Gasteiger partial charge in [0.05, 0.1) is 37.8 Å². The number of rotatable bonds is 27. The molecule has 9 rings (SSSR count). The lowest BCUT2D eigenvalue weighted by molar-refractivity contribution is -0.149. The van der Waals surface area contributed by atoms with E-state index in [9.17, 15) is 57.8 Å². The number of nitrogens with zero attached hydrogens (tertiary/aromatic N) is 6. The van der Waals surface area contributed by atoms with Crippen molar-refractivity contribution >= 4 is 140 Å². The molecule has 3 aliphatic heterocycles. The highest BCUT2D eigenvalue weighted by atomic mass is 32.2. The van der Waals surface area contributed by atoms with Gasteiger partial charge in [-0.3, -0.25) is 86.9 Å². The maximum atomic E-state index is 15.8. The molecule has 137 heavy (non-hydrogen) atoms. The number of aromatic amines is 3. The number of para-hydroxylation sites is 2. The number of aromatic nitrogens is 4.